The van der Waals surface area contributed by atoms with E-state index >= 15 is 0 Å². The van der Waals surface area contributed by atoms with Crippen molar-refractivity contribution < 1.29 is 23.8 Å². The lowest BCUT2D eigenvalue weighted by molar-refractivity contribution is -0.116. The van der Waals surface area contributed by atoms with Crippen LogP contribution in [0.3, 0.4) is 0 Å². The summed E-state index contributed by atoms with van der Waals surface area (Å²) < 4.78 is 16.2. The number of esters is 1. The molecule has 2 aromatic rings. The maximum absolute atomic E-state index is 12.4. The van der Waals surface area contributed by atoms with E-state index in [0.717, 1.165) is 0 Å². The minimum Gasteiger partial charge on any atom is -0.497 e. The maximum atomic E-state index is 12.4. The fourth-order valence-electron chi connectivity index (χ4n) is 2.37. The first-order chi connectivity index (χ1) is 14.1. The lowest BCUT2D eigenvalue weighted by atomic mass is 10.2. The second-order valence-corrected chi connectivity index (χ2v) is 6.71. The van der Waals surface area contributed by atoms with Crippen LogP contribution in [0.5, 0.6) is 17.2 Å². The normalized spacial score (nSPS) is 14.8. The van der Waals surface area contributed by atoms with Crippen LogP contribution in [-0.4, -0.2) is 42.7 Å². The number of methoxy groups -OCH3 is 1. The lowest BCUT2D eigenvalue weighted by Gasteiger charge is -2.11. The molecule has 1 aliphatic heterocycles. The molecule has 1 N–H and O–H groups in total. The zero-order valence-electron chi connectivity index (χ0n) is 15.9. The molecule has 3 rings (SSSR count). The van der Waals surface area contributed by atoms with E-state index in [1.165, 1.54) is 18.0 Å². The molecule has 0 aromatic heterocycles. The molecular weight excluding hydrogens is 394 g/mol. The van der Waals surface area contributed by atoms with Crippen molar-refractivity contribution in [3.05, 3.63) is 53.6 Å². The molecule has 8 nitrogen and oxygen atoms in total. The van der Waals surface area contributed by atoms with Gasteiger partial charge >= 0.3 is 5.97 Å². The van der Waals surface area contributed by atoms with Crippen LogP contribution in [0, 0.1) is 0 Å². The molecular formula is C20H19N3O5S. The van der Waals surface area contributed by atoms with Crippen LogP contribution in [-0.2, 0) is 4.79 Å². The highest BCUT2D eigenvalue weighted by atomic mass is 32.2. The van der Waals surface area contributed by atoms with Crippen molar-refractivity contribution in [3.8, 4) is 17.2 Å². The van der Waals surface area contributed by atoms with Crippen LogP contribution in [0.15, 0.2) is 52.7 Å². The van der Waals surface area contributed by atoms with E-state index in [1.807, 2.05) is 6.92 Å². The number of nitrogens with zero attached hydrogens (tertiary/aromatic N) is 2. The molecule has 0 unspecified atom stereocenters. The first-order valence-corrected chi connectivity index (χ1v) is 9.74. The maximum Gasteiger partial charge on any atom is 0.343 e. The monoisotopic (exact) mass is 413 g/mol. The fraction of sp³-hybridized carbons (Fsp3) is 0.200. The van der Waals surface area contributed by atoms with Crippen molar-refractivity contribution in [2.24, 2.45) is 10.2 Å². The molecule has 1 fully saturated rings. The summed E-state index contributed by atoms with van der Waals surface area (Å²) in [6.07, 6.45) is 1.52. The molecule has 0 saturated carbocycles. The van der Waals surface area contributed by atoms with Crippen LogP contribution in [0.1, 0.15) is 22.8 Å². The average Bonchev–Trinajstić information content (AvgIpc) is 3.15. The van der Waals surface area contributed by atoms with Gasteiger partial charge in [-0.05, 0) is 55.0 Å². The standard InChI is InChI=1S/C20H19N3O5S/c1-3-27-17-10-13(11-21-23-20-22-18(24)12-29-20)4-9-16(17)28-19(25)14-5-7-15(26-2)8-6-14/h4-11H,3,12H2,1-2H3,(H,22,23,24)/b21-11+. The first kappa shape index (κ1) is 20.4. The number of rotatable bonds is 7. The number of benzene rings is 2. The molecule has 1 amide bonds. The largest absolute Gasteiger partial charge is 0.497 e. The molecule has 0 aliphatic carbocycles. The second-order valence-electron chi connectivity index (χ2n) is 5.74. The van der Waals surface area contributed by atoms with Crippen molar-refractivity contribution >= 4 is 35.0 Å². The second kappa shape index (κ2) is 9.74. The van der Waals surface area contributed by atoms with Gasteiger partial charge in [-0.2, -0.15) is 5.10 Å². The number of amidine groups is 1. The van der Waals surface area contributed by atoms with Gasteiger partial charge in [-0.25, -0.2) is 4.79 Å². The Hall–Kier alpha value is -3.33. The first-order valence-electron chi connectivity index (χ1n) is 8.76. The number of carbonyl (C=O) groups excluding carboxylic acids is 2. The van der Waals surface area contributed by atoms with Crippen LogP contribution < -0.4 is 19.5 Å². The third kappa shape index (κ3) is 5.58. The number of hydrogen-bond donors (Lipinski definition) is 1. The van der Waals surface area contributed by atoms with Gasteiger partial charge in [0.2, 0.25) is 5.91 Å². The van der Waals surface area contributed by atoms with Crippen LogP contribution in [0.25, 0.3) is 0 Å². The summed E-state index contributed by atoms with van der Waals surface area (Å²) in [5.41, 5.74) is 1.10. The van der Waals surface area contributed by atoms with Gasteiger partial charge in [0.25, 0.3) is 0 Å². The van der Waals surface area contributed by atoms with Gasteiger partial charge in [0, 0.05) is 0 Å². The Kier molecular flexibility index (Phi) is 6.85. The molecule has 2 aromatic carbocycles. The lowest BCUT2D eigenvalue weighted by Crippen LogP contribution is -2.19. The summed E-state index contributed by atoms with van der Waals surface area (Å²) in [6.45, 7) is 2.24. The smallest absolute Gasteiger partial charge is 0.343 e. The molecule has 0 atom stereocenters. The average molecular weight is 413 g/mol. The summed E-state index contributed by atoms with van der Waals surface area (Å²) in [5.74, 6) is 1.11. The summed E-state index contributed by atoms with van der Waals surface area (Å²) in [5, 5.41) is 11.0. The molecule has 0 spiro atoms. The van der Waals surface area contributed by atoms with Crippen LogP contribution >= 0.6 is 11.8 Å². The molecule has 1 saturated heterocycles. The van der Waals surface area contributed by atoms with E-state index in [2.05, 4.69) is 15.5 Å². The Morgan fingerprint density at radius 1 is 1.21 bits per heavy atom. The van der Waals surface area contributed by atoms with Gasteiger partial charge in [0.15, 0.2) is 16.7 Å². The highest BCUT2D eigenvalue weighted by Crippen LogP contribution is 2.29. The van der Waals surface area contributed by atoms with E-state index in [-0.39, 0.29) is 5.91 Å². The molecule has 0 radical (unpaired) electrons. The van der Waals surface area contributed by atoms with Gasteiger partial charge in [-0.3, -0.25) is 4.79 Å². The summed E-state index contributed by atoms with van der Waals surface area (Å²) >= 11 is 1.29. The predicted molar refractivity (Wildman–Crippen MR) is 111 cm³/mol. The van der Waals surface area contributed by atoms with E-state index < -0.39 is 5.97 Å². The minimum atomic E-state index is -0.504. The highest BCUT2D eigenvalue weighted by Gasteiger charge is 2.16. The Balaban J connectivity index is 1.73. The van der Waals surface area contributed by atoms with Crippen molar-refractivity contribution in [1.29, 1.82) is 0 Å². The Bertz CT molecular complexity index is 957. The number of carbonyl (C=O) groups is 2. The number of thioether (sulfide) groups is 1. The third-order valence-electron chi connectivity index (χ3n) is 3.74. The molecule has 29 heavy (non-hydrogen) atoms. The van der Waals surface area contributed by atoms with Gasteiger partial charge in [0.1, 0.15) is 5.75 Å². The Morgan fingerprint density at radius 3 is 2.66 bits per heavy atom. The van der Waals surface area contributed by atoms with E-state index in [1.54, 1.807) is 49.6 Å². The van der Waals surface area contributed by atoms with Crippen LogP contribution in [0.4, 0.5) is 0 Å². The highest BCUT2D eigenvalue weighted by molar-refractivity contribution is 8.15. The van der Waals surface area contributed by atoms with Crippen molar-refractivity contribution in [2.75, 3.05) is 19.5 Å². The van der Waals surface area contributed by atoms with Gasteiger partial charge in [-0.1, -0.05) is 11.8 Å². The Labute approximate surface area is 171 Å². The third-order valence-corrected chi connectivity index (χ3v) is 4.60. The molecule has 1 aliphatic rings. The summed E-state index contributed by atoms with van der Waals surface area (Å²) in [7, 11) is 1.56. The molecule has 9 heteroatoms. The quantitative estimate of drug-likeness (QED) is 0.324. The minimum absolute atomic E-state index is 0.0920. The fourth-order valence-corrected chi connectivity index (χ4v) is 3.00. The van der Waals surface area contributed by atoms with Gasteiger partial charge in [0.05, 0.1) is 31.2 Å². The SMILES string of the molecule is CCOc1cc(/C=N/N=C2/NC(=O)CS2)ccc1OC(=O)c1ccc(OC)cc1. The van der Waals surface area contributed by atoms with Crippen molar-refractivity contribution in [2.45, 2.75) is 6.92 Å². The zero-order chi connectivity index (χ0) is 20.6. The predicted octanol–water partition coefficient (Wildman–Crippen LogP) is 2.87. The van der Waals surface area contributed by atoms with Gasteiger partial charge < -0.3 is 19.5 Å². The Morgan fingerprint density at radius 2 is 2.00 bits per heavy atom. The van der Waals surface area contributed by atoms with E-state index in [4.69, 9.17) is 14.2 Å². The zero-order valence-corrected chi connectivity index (χ0v) is 16.7. The summed E-state index contributed by atoms with van der Waals surface area (Å²) in [6, 6.07) is 11.7. The molecule has 0 bridgehead atoms. The van der Waals surface area contributed by atoms with Crippen molar-refractivity contribution in [3.63, 3.8) is 0 Å². The summed E-state index contributed by atoms with van der Waals surface area (Å²) in [4.78, 5) is 23.5. The molecule has 150 valence electrons. The van der Waals surface area contributed by atoms with Crippen molar-refractivity contribution in [1.82, 2.24) is 5.32 Å². The topological polar surface area (TPSA) is 98.6 Å². The number of nitrogens with one attached hydrogen (secondary N) is 1. The number of ether oxygens (including phenoxy) is 3. The number of amides is 1. The van der Waals surface area contributed by atoms with E-state index in [9.17, 15) is 9.59 Å². The van der Waals surface area contributed by atoms with Gasteiger partial charge in [-0.15, -0.1) is 5.10 Å². The van der Waals surface area contributed by atoms with Crippen LogP contribution in [0.2, 0.25) is 0 Å². The molecule has 1 heterocycles. The van der Waals surface area contributed by atoms with E-state index in [0.29, 0.717) is 45.9 Å². The number of hydrogen-bond acceptors (Lipinski definition) is 8.